The third-order valence-electron chi connectivity index (χ3n) is 4.37. The largest absolute Gasteiger partial charge is 0.361 e. The molecule has 1 amide bonds. The van der Waals surface area contributed by atoms with E-state index in [1.54, 1.807) is 11.3 Å². The Morgan fingerprint density at radius 3 is 2.70 bits per heavy atom. The van der Waals surface area contributed by atoms with Crippen LogP contribution in [-0.4, -0.2) is 52.0 Å². The minimum atomic E-state index is 0.231. The van der Waals surface area contributed by atoms with Crippen molar-refractivity contribution in [3.05, 3.63) is 33.6 Å². The number of thiazole rings is 1. The number of hydrogen-bond donors (Lipinski definition) is 0. The van der Waals surface area contributed by atoms with Crippen LogP contribution < -0.4 is 0 Å². The van der Waals surface area contributed by atoms with E-state index in [1.807, 2.05) is 29.6 Å². The number of rotatable bonds is 5. The Bertz CT molecular complexity index is 626. The molecule has 23 heavy (non-hydrogen) atoms. The lowest BCUT2D eigenvalue weighted by molar-refractivity contribution is -0.133. The molecule has 6 nitrogen and oxygen atoms in total. The van der Waals surface area contributed by atoms with E-state index in [4.69, 9.17) is 4.52 Å². The van der Waals surface area contributed by atoms with Gasteiger partial charge in [0.15, 0.2) is 0 Å². The molecule has 2 aromatic rings. The maximum atomic E-state index is 12.3. The van der Waals surface area contributed by atoms with Crippen molar-refractivity contribution in [1.29, 1.82) is 0 Å². The van der Waals surface area contributed by atoms with E-state index in [2.05, 4.69) is 15.0 Å². The highest BCUT2D eigenvalue weighted by atomic mass is 32.1. The minimum absolute atomic E-state index is 0.231. The molecule has 3 rings (SSSR count). The number of amides is 1. The third-order valence-corrected chi connectivity index (χ3v) is 5.00. The summed E-state index contributed by atoms with van der Waals surface area (Å²) >= 11 is 1.58. The van der Waals surface area contributed by atoms with Gasteiger partial charge in [0.2, 0.25) is 5.91 Å². The van der Waals surface area contributed by atoms with Gasteiger partial charge >= 0.3 is 0 Å². The molecule has 0 saturated carbocycles. The van der Waals surface area contributed by atoms with Crippen LogP contribution in [0.1, 0.15) is 29.1 Å². The molecule has 0 unspecified atom stereocenters. The fourth-order valence-electron chi connectivity index (χ4n) is 2.86. The Morgan fingerprint density at radius 1 is 1.30 bits per heavy atom. The van der Waals surface area contributed by atoms with Gasteiger partial charge in [0.05, 0.1) is 16.9 Å². The van der Waals surface area contributed by atoms with Crippen molar-refractivity contribution in [2.24, 2.45) is 0 Å². The lowest BCUT2D eigenvalue weighted by Crippen LogP contribution is -2.48. The second-order valence-electron chi connectivity index (χ2n) is 5.94. The van der Waals surface area contributed by atoms with Crippen LogP contribution in [0.4, 0.5) is 0 Å². The van der Waals surface area contributed by atoms with Gasteiger partial charge in [-0.25, -0.2) is 4.98 Å². The van der Waals surface area contributed by atoms with Crippen LogP contribution in [0.2, 0.25) is 0 Å². The molecule has 0 bridgehead atoms. The van der Waals surface area contributed by atoms with Gasteiger partial charge in [0, 0.05) is 50.1 Å². The number of aromatic nitrogens is 2. The maximum absolute atomic E-state index is 12.3. The van der Waals surface area contributed by atoms with Crippen LogP contribution in [0.3, 0.4) is 0 Å². The molecular formula is C16H22N4O2S. The van der Waals surface area contributed by atoms with Crippen molar-refractivity contribution >= 4 is 17.2 Å². The first kappa shape index (κ1) is 16.1. The summed E-state index contributed by atoms with van der Waals surface area (Å²) in [7, 11) is 0. The van der Waals surface area contributed by atoms with Gasteiger partial charge in [0.25, 0.3) is 0 Å². The molecule has 124 valence electrons. The van der Waals surface area contributed by atoms with Crippen molar-refractivity contribution in [3.8, 4) is 0 Å². The molecular weight excluding hydrogens is 312 g/mol. The van der Waals surface area contributed by atoms with Crippen molar-refractivity contribution < 1.29 is 9.32 Å². The zero-order valence-corrected chi connectivity index (χ0v) is 14.4. The number of nitrogens with zero attached hydrogens (tertiary/aromatic N) is 4. The fourth-order valence-corrected chi connectivity index (χ4v) is 3.45. The summed E-state index contributed by atoms with van der Waals surface area (Å²) in [5.41, 5.74) is 4.96. The van der Waals surface area contributed by atoms with E-state index >= 15 is 0 Å². The van der Waals surface area contributed by atoms with Crippen molar-refractivity contribution in [3.63, 3.8) is 0 Å². The van der Waals surface area contributed by atoms with E-state index in [0.29, 0.717) is 6.42 Å². The van der Waals surface area contributed by atoms with E-state index in [0.717, 1.165) is 56.3 Å². The molecule has 0 spiro atoms. The summed E-state index contributed by atoms with van der Waals surface area (Å²) in [5, 5.41) is 6.01. The van der Waals surface area contributed by atoms with Crippen LogP contribution >= 0.6 is 11.3 Å². The second-order valence-corrected chi connectivity index (χ2v) is 6.66. The van der Waals surface area contributed by atoms with Gasteiger partial charge in [0.1, 0.15) is 5.76 Å². The normalized spacial score (nSPS) is 16.0. The first-order chi connectivity index (χ1) is 11.1. The molecule has 0 aromatic carbocycles. The summed E-state index contributed by atoms with van der Waals surface area (Å²) in [5.74, 6) is 1.12. The number of carbonyl (C=O) groups is 1. The van der Waals surface area contributed by atoms with Gasteiger partial charge in [-0.2, -0.15) is 0 Å². The average Bonchev–Trinajstić information content (AvgIpc) is 3.18. The van der Waals surface area contributed by atoms with Crippen molar-refractivity contribution in [2.45, 2.75) is 33.2 Å². The molecule has 3 heterocycles. The van der Waals surface area contributed by atoms with E-state index in [-0.39, 0.29) is 5.91 Å². The van der Waals surface area contributed by atoms with Gasteiger partial charge in [-0.3, -0.25) is 9.69 Å². The van der Waals surface area contributed by atoms with Gasteiger partial charge < -0.3 is 9.42 Å². The highest BCUT2D eigenvalue weighted by molar-refractivity contribution is 7.07. The molecule has 0 N–H and O–H groups in total. The summed E-state index contributed by atoms with van der Waals surface area (Å²) < 4.78 is 5.22. The van der Waals surface area contributed by atoms with Crippen LogP contribution in [0.25, 0.3) is 0 Å². The Hall–Kier alpha value is -1.73. The van der Waals surface area contributed by atoms with E-state index < -0.39 is 0 Å². The van der Waals surface area contributed by atoms with Crippen molar-refractivity contribution in [1.82, 2.24) is 19.9 Å². The van der Waals surface area contributed by atoms with Crippen LogP contribution in [0, 0.1) is 13.8 Å². The Labute approximate surface area is 140 Å². The van der Waals surface area contributed by atoms with Crippen LogP contribution in [0.15, 0.2) is 15.4 Å². The summed E-state index contributed by atoms with van der Waals surface area (Å²) in [6, 6.07) is 0. The molecule has 0 radical (unpaired) electrons. The van der Waals surface area contributed by atoms with Gasteiger partial charge in [-0.1, -0.05) is 5.16 Å². The molecule has 1 aliphatic heterocycles. The maximum Gasteiger partial charge on any atom is 0.223 e. The molecule has 1 aliphatic rings. The Balaban J connectivity index is 1.45. The first-order valence-electron chi connectivity index (χ1n) is 7.92. The number of aryl methyl sites for hydroxylation is 3. The van der Waals surface area contributed by atoms with E-state index in [9.17, 15) is 4.79 Å². The Morgan fingerprint density at radius 2 is 2.09 bits per heavy atom. The zero-order chi connectivity index (χ0) is 16.2. The van der Waals surface area contributed by atoms with Gasteiger partial charge in [-0.15, -0.1) is 11.3 Å². The van der Waals surface area contributed by atoms with Crippen LogP contribution in [-0.2, 0) is 17.8 Å². The molecule has 1 fully saturated rings. The molecule has 0 atom stereocenters. The standard InChI is InChI=1S/C16H22N4O2S/c1-12-15(13(2)22-18-12)9-19-5-7-20(8-6-19)16(21)4-3-14-10-23-11-17-14/h10-11H,3-9H2,1-2H3. The molecule has 1 saturated heterocycles. The van der Waals surface area contributed by atoms with Gasteiger partial charge in [-0.05, 0) is 20.3 Å². The predicted molar refractivity (Wildman–Crippen MR) is 88.3 cm³/mol. The Kier molecular flexibility index (Phi) is 5.07. The quantitative estimate of drug-likeness (QED) is 0.837. The zero-order valence-electron chi connectivity index (χ0n) is 13.6. The predicted octanol–water partition coefficient (Wildman–Crippen LogP) is 2.02. The fraction of sp³-hybridized carbons (Fsp3) is 0.562. The topological polar surface area (TPSA) is 62.5 Å². The molecule has 7 heteroatoms. The summed E-state index contributed by atoms with van der Waals surface area (Å²) in [6.45, 7) is 8.15. The van der Waals surface area contributed by atoms with Crippen LogP contribution in [0.5, 0.6) is 0 Å². The summed E-state index contributed by atoms with van der Waals surface area (Å²) in [4.78, 5) is 20.8. The highest BCUT2D eigenvalue weighted by Crippen LogP contribution is 2.16. The third kappa shape index (κ3) is 3.97. The monoisotopic (exact) mass is 334 g/mol. The second kappa shape index (κ2) is 7.23. The highest BCUT2D eigenvalue weighted by Gasteiger charge is 2.22. The lowest BCUT2D eigenvalue weighted by atomic mass is 10.1. The van der Waals surface area contributed by atoms with E-state index in [1.165, 1.54) is 5.56 Å². The minimum Gasteiger partial charge on any atom is -0.361 e. The smallest absolute Gasteiger partial charge is 0.223 e. The first-order valence-corrected chi connectivity index (χ1v) is 8.86. The summed E-state index contributed by atoms with van der Waals surface area (Å²) in [6.07, 6.45) is 1.29. The average molecular weight is 334 g/mol. The molecule has 0 aliphatic carbocycles. The lowest BCUT2D eigenvalue weighted by Gasteiger charge is -2.34. The molecule has 2 aromatic heterocycles. The number of carbonyl (C=O) groups excluding carboxylic acids is 1. The van der Waals surface area contributed by atoms with Crippen molar-refractivity contribution in [2.75, 3.05) is 26.2 Å². The SMILES string of the molecule is Cc1noc(C)c1CN1CCN(C(=O)CCc2cscn2)CC1. The number of piperazine rings is 1. The number of hydrogen-bond acceptors (Lipinski definition) is 6.